The van der Waals surface area contributed by atoms with E-state index in [0.29, 0.717) is 22.8 Å². The number of ether oxygens (including phenoxy) is 4. The quantitative estimate of drug-likeness (QED) is 0.334. The molecular formula is C18H11ClN2O7. The number of halogens is 1. The van der Waals surface area contributed by atoms with Crippen LogP contribution in [0.3, 0.4) is 0 Å². The molecule has 2 aliphatic rings. The fourth-order valence-corrected chi connectivity index (χ4v) is 2.90. The first kappa shape index (κ1) is 17.8. The number of carbonyl (C=O) groups excluding carboxylic acids is 1. The number of methoxy groups -OCH3 is 1. The number of benzene rings is 2. The number of nitro benzene ring substituents is 1. The molecule has 2 aliphatic heterocycles. The lowest BCUT2D eigenvalue weighted by Crippen LogP contribution is -2.06. The summed E-state index contributed by atoms with van der Waals surface area (Å²) >= 11 is 5.80. The third kappa shape index (κ3) is 3.12. The first-order chi connectivity index (χ1) is 13.5. The topological polar surface area (TPSA) is 109 Å². The van der Waals surface area contributed by atoms with Crippen molar-refractivity contribution in [3.8, 4) is 17.2 Å². The Hall–Kier alpha value is -3.59. The first-order valence-electron chi connectivity index (χ1n) is 7.91. The fraction of sp³-hybridized carbons (Fsp3) is 0.111. The molecule has 0 atom stereocenters. The van der Waals surface area contributed by atoms with E-state index >= 15 is 0 Å². The van der Waals surface area contributed by atoms with Crippen LogP contribution in [0.5, 0.6) is 17.2 Å². The van der Waals surface area contributed by atoms with Crippen molar-refractivity contribution in [2.75, 3.05) is 13.9 Å². The van der Waals surface area contributed by atoms with Crippen LogP contribution in [-0.4, -0.2) is 30.7 Å². The van der Waals surface area contributed by atoms with Crippen LogP contribution in [0.2, 0.25) is 5.02 Å². The second-order valence-electron chi connectivity index (χ2n) is 5.72. The van der Waals surface area contributed by atoms with Gasteiger partial charge in [0, 0.05) is 11.6 Å². The van der Waals surface area contributed by atoms with Gasteiger partial charge in [-0.05, 0) is 35.9 Å². The van der Waals surface area contributed by atoms with Gasteiger partial charge in [-0.2, -0.15) is 0 Å². The number of hydrogen-bond acceptors (Lipinski definition) is 8. The predicted octanol–water partition coefficient (Wildman–Crippen LogP) is 3.33. The van der Waals surface area contributed by atoms with E-state index < -0.39 is 10.9 Å². The second-order valence-corrected chi connectivity index (χ2v) is 6.12. The van der Waals surface area contributed by atoms with E-state index in [1.165, 1.54) is 31.4 Å². The smallest absolute Gasteiger partial charge is 0.363 e. The molecule has 0 saturated heterocycles. The maximum absolute atomic E-state index is 12.2. The Morgan fingerprint density at radius 3 is 2.86 bits per heavy atom. The SMILES string of the molecule is COc1cc(/C=C2\N=C(c3ccc(Cl)c([N+](=O)[O-])c3)OC2=O)cc2c1OCO2. The molecule has 10 heteroatoms. The molecule has 0 aromatic heterocycles. The molecular weight excluding hydrogens is 392 g/mol. The highest BCUT2D eigenvalue weighted by atomic mass is 35.5. The highest BCUT2D eigenvalue weighted by Crippen LogP contribution is 2.42. The highest BCUT2D eigenvalue weighted by molar-refractivity contribution is 6.32. The van der Waals surface area contributed by atoms with Gasteiger partial charge in [-0.15, -0.1) is 0 Å². The Bertz CT molecular complexity index is 1080. The van der Waals surface area contributed by atoms with Crippen molar-refractivity contribution in [3.05, 3.63) is 62.3 Å². The Labute approximate surface area is 162 Å². The van der Waals surface area contributed by atoms with Gasteiger partial charge < -0.3 is 18.9 Å². The van der Waals surface area contributed by atoms with E-state index in [1.807, 2.05) is 0 Å². The van der Waals surface area contributed by atoms with Crippen molar-refractivity contribution in [3.63, 3.8) is 0 Å². The summed E-state index contributed by atoms with van der Waals surface area (Å²) in [6, 6.07) is 7.35. The molecule has 0 aliphatic carbocycles. The number of rotatable bonds is 4. The highest BCUT2D eigenvalue weighted by Gasteiger charge is 2.27. The van der Waals surface area contributed by atoms with Crippen LogP contribution in [-0.2, 0) is 9.53 Å². The van der Waals surface area contributed by atoms with Gasteiger partial charge in [0.05, 0.1) is 12.0 Å². The van der Waals surface area contributed by atoms with Crippen molar-refractivity contribution in [2.24, 2.45) is 4.99 Å². The van der Waals surface area contributed by atoms with E-state index in [-0.39, 0.29) is 34.7 Å². The average Bonchev–Trinajstić information content (AvgIpc) is 3.28. The van der Waals surface area contributed by atoms with Gasteiger partial charge in [-0.1, -0.05) is 11.6 Å². The minimum Gasteiger partial charge on any atom is -0.493 e. The molecule has 0 saturated carbocycles. The molecule has 2 aromatic rings. The number of carbonyl (C=O) groups is 1. The van der Waals surface area contributed by atoms with E-state index in [4.69, 9.17) is 30.5 Å². The summed E-state index contributed by atoms with van der Waals surface area (Å²) in [5.41, 5.74) is 0.556. The summed E-state index contributed by atoms with van der Waals surface area (Å²) in [4.78, 5) is 26.7. The summed E-state index contributed by atoms with van der Waals surface area (Å²) in [6.07, 6.45) is 1.49. The number of fused-ring (bicyclic) bond motifs is 1. The standard InChI is InChI=1S/C18H11ClN2O7/c1-25-14-5-9(6-15-16(14)27-8-26-15)4-12-18(22)28-17(20-12)10-2-3-11(19)13(7-10)21(23)24/h2-7H,8H2,1H3/b12-4-. The van der Waals surface area contributed by atoms with Crippen molar-refractivity contribution in [2.45, 2.75) is 0 Å². The van der Waals surface area contributed by atoms with Crippen LogP contribution in [0.25, 0.3) is 6.08 Å². The van der Waals surface area contributed by atoms with Gasteiger partial charge in [0.15, 0.2) is 17.2 Å². The number of nitro groups is 1. The Morgan fingerprint density at radius 1 is 1.29 bits per heavy atom. The molecule has 2 heterocycles. The van der Waals surface area contributed by atoms with Gasteiger partial charge in [0.25, 0.3) is 5.69 Å². The lowest BCUT2D eigenvalue weighted by atomic mass is 10.1. The summed E-state index contributed by atoms with van der Waals surface area (Å²) in [7, 11) is 1.49. The third-order valence-electron chi connectivity index (χ3n) is 3.99. The summed E-state index contributed by atoms with van der Waals surface area (Å²) in [6.45, 7) is 0.0748. The number of esters is 1. The fourth-order valence-electron chi connectivity index (χ4n) is 2.71. The van der Waals surface area contributed by atoms with E-state index in [2.05, 4.69) is 4.99 Å². The summed E-state index contributed by atoms with van der Waals surface area (Å²) in [5, 5.41) is 11.0. The monoisotopic (exact) mass is 402 g/mol. The van der Waals surface area contributed by atoms with Crippen molar-refractivity contribution >= 4 is 35.2 Å². The maximum Gasteiger partial charge on any atom is 0.363 e. The van der Waals surface area contributed by atoms with Crippen LogP contribution >= 0.6 is 11.6 Å². The van der Waals surface area contributed by atoms with E-state index in [0.717, 1.165) is 0 Å². The average molecular weight is 403 g/mol. The molecule has 0 amide bonds. The lowest BCUT2D eigenvalue weighted by molar-refractivity contribution is -0.384. The van der Waals surface area contributed by atoms with Crippen LogP contribution in [0.4, 0.5) is 5.69 Å². The molecule has 2 aromatic carbocycles. The van der Waals surface area contributed by atoms with E-state index in [1.54, 1.807) is 12.1 Å². The van der Waals surface area contributed by atoms with Crippen LogP contribution in [0, 0.1) is 10.1 Å². The van der Waals surface area contributed by atoms with E-state index in [9.17, 15) is 14.9 Å². The zero-order chi connectivity index (χ0) is 19.8. The Kier molecular flexibility index (Phi) is 4.36. The largest absolute Gasteiger partial charge is 0.493 e. The van der Waals surface area contributed by atoms with Gasteiger partial charge in [-0.25, -0.2) is 9.79 Å². The molecule has 9 nitrogen and oxygen atoms in total. The molecule has 0 bridgehead atoms. The second kappa shape index (κ2) is 6.86. The Morgan fingerprint density at radius 2 is 2.11 bits per heavy atom. The summed E-state index contributed by atoms with van der Waals surface area (Å²) < 4.78 is 21.1. The molecule has 0 unspecified atom stereocenters. The summed E-state index contributed by atoms with van der Waals surface area (Å²) in [5.74, 6) is 0.671. The maximum atomic E-state index is 12.2. The first-order valence-corrected chi connectivity index (χ1v) is 8.28. The van der Waals surface area contributed by atoms with Gasteiger partial charge in [-0.3, -0.25) is 10.1 Å². The van der Waals surface area contributed by atoms with Crippen LogP contribution in [0.15, 0.2) is 41.0 Å². The normalized spacial score (nSPS) is 16.1. The molecule has 0 fully saturated rings. The lowest BCUT2D eigenvalue weighted by Gasteiger charge is -2.05. The van der Waals surface area contributed by atoms with Gasteiger partial charge in [0.1, 0.15) is 5.02 Å². The number of nitrogens with zero attached hydrogens (tertiary/aromatic N) is 2. The number of hydrogen-bond donors (Lipinski definition) is 0. The van der Waals surface area contributed by atoms with Gasteiger partial charge >= 0.3 is 5.97 Å². The molecule has 4 rings (SSSR count). The van der Waals surface area contributed by atoms with Gasteiger partial charge in [0.2, 0.25) is 18.4 Å². The van der Waals surface area contributed by atoms with Crippen molar-refractivity contribution in [1.29, 1.82) is 0 Å². The molecule has 0 radical (unpaired) electrons. The molecule has 142 valence electrons. The minimum absolute atomic E-state index is 0.0218. The predicted molar refractivity (Wildman–Crippen MR) is 97.8 cm³/mol. The molecule has 0 N–H and O–H groups in total. The zero-order valence-electron chi connectivity index (χ0n) is 14.3. The zero-order valence-corrected chi connectivity index (χ0v) is 15.1. The molecule has 28 heavy (non-hydrogen) atoms. The Balaban J connectivity index is 1.70. The molecule has 0 spiro atoms. The van der Waals surface area contributed by atoms with Crippen molar-refractivity contribution in [1.82, 2.24) is 0 Å². The van der Waals surface area contributed by atoms with Crippen LogP contribution in [0.1, 0.15) is 11.1 Å². The third-order valence-corrected chi connectivity index (χ3v) is 4.31. The minimum atomic E-state index is -0.691. The number of cyclic esters (lactones) is 1. The number of aliphatic imine (C=N–C) groups is 1. The van der Waals surface area contributed by atoms with Crippen molar-refractivity contribution < 1.29 is 28.7 Å². The van der Waals surface area contributed by atoms with Crippen LogP contribution < -0.4 is 14.2 Å².